The summed E-state index contributed by atoms with van der Waals surface area (Å²) in [5.74, 6) is 1.94. The molecule has 0 amide bonds. The highest BCUT2D eigenvalue weighted by Gasteiger charge is 2.52. The van der Waals surface area contributed by atoms with Crippen molar-refractivity contribution in [2.45, 2.75) is 130 Å². The molecule has 2 rings (SSSR count). The lowest BCUT2D eigenvalue weighted by Gasteiger charge is -2.50. The van der Waals surface area contributed by atoms with Gasteiger partial charge in [0.1, 0.15) is 11.2 Å². The first-order valence-electron chi connectivity index (χ1n) is 13.1. The third kappa shape index (κ3) is 6.62. The maximum absolute atomic E-state index is 13.5. The third-order valence-corrected chi connectivity index (χ3v) is 8.14. The van der Waals surface area contributed by atoms with Crippen LogP contribution in [0.3, 0.4) is 0 Å². The fraction of sp³-hybridized carbons (Fsp3) is 0.963. The molecule has 2 fully saturated rings. The third-order valence-electron chi connectivity index (χ3n) is 8.14. The Morgan fingerprint density at radius 2 is 1.09 bits per heavy atom. The van der Waals surface area contributed by atoms with Gasteiger partial charge in [-0.25, -0.2) is 4.79 Å². The maximum atomic E-state index is 13.5. The quantitative estimate of drug-likeness (QED) is 0.418. The molecule has 0 aliphatic heterocycles. The van der Waals surface area contributed by atoms with E-state index in [0.717, 1.165) is 38.5 Å². The van der Waals surface area contributed by atoms with Gasteiger partial charge >= 0.3 is 6.16 Å². The number of aliphatic hydroxyl groups excluding tert-OH is 2. The first-order valence-corrected chi connectivity index (χ1v) is 13.1. The van der Waals surface area contributed by atoms with Crippen molar-refractivity contribution in [1.29, 1.82) is 0 Å². The van der Waals surface area contributed by atoms with Crippen molar-refractivity contribution in [3.8, 4) is 0 Å². The number of ether oxygens (including phenoxy) is 2. The lowest BCUT2D eigenvalue weighted by atomic mass is 9.64. The number of carbonyl (C=O) groups is 1. The van der Waals surface area contributed by atoms with Crippen LogP contribution in [0.2, 0.25) is 0 Å². The van der Waals surface area contributed by atoms with Crippen LogP contribution in [0, 0.1) is 35.5 Å². The number of rotatable bonds is 8. The van der Waals surface area contributed by atoms with Gasteiger partial charge in [0.15, 0.2) is 0 Å². The summed E-state index contributed by atoms with van der Waals surface area (Å²) in [6, 6.07) is 0. The molecule has 32 heavy (non-hydrogen) atoms. The molecule has 2 aliphatic rings. The molecule has 5 heteroatoms. The van der Waals surface area contributed by atoms with Crippen LogP contribution in [-0.2, 0) is 9.47 Å². The van der Waals surface area contributed by atoms with Crippen molar-refractivity contribution in [2.24, 2.45) is 35.5 Å². The van der Waals surface area contributed by atoms with Crippen LogP contribution >= 0.6 is 0 Å². The zero-order chi connectivity index (χ0) is 24.3. The lowest BCUT2D eigenvalue weighted by Crippen LogP contribution is -2.54. The van der Waals surface area contributed by atoms with Crippen LogP contribution in [0.5, 0.6) is 0 Å². The monoisotopic (exact) mass is 454 g/mol. The highest BCUT2D eigenvalue weighted by Crippen LogP contribution is 2.49. The Balaban J connectivity index is 2.36. The average molecular weight is 455 g/mol. The Labute approximate surface area is 196 Å². The first-order chi connectivity index (χ1) is 14.8. The van der Waals surface area contributed by atoms with Crippen LogP contribution < -0.4 is 0 Å². The molecule has 8 unspecified atom stereocenters. The molecule has 0 aromatic rings. The predicted octanol–water partition coefficient (Wildman–Crippen LogP) is 6.34. The summed E-state index contributed by atoms with van der Waals surface area (Å²) < 4.78 is 12.6. The second-order valence-electron chi connectivity index (χ2n) is 12.2. The SMILES string of the molecule is CC(O)CC1(OC(=O)OC2(CC(C)O)CC(C)CCC2C(C)C)CC(C)CCC1C(C)C. The molecular weight excluding hydrogens is 404 g/mol. The highest BCUT2D eigenvalue weighted by atomic mass is 16.7. The van der Waals surface area contributed by atoms with E-state index in [1.807, 2.05) is 0 Å². The Kier molecular flexibility index (Phi) is 9.50. The van der Waals surface area contributed by atoms with E-state index in [4.69, 9.17) is 9.47 Å². The van der Waals surface area contributed by atoms with E-state index in [-0.39, 0.29) is 11.8 Å². The molecule has 0 aromatic carbocycles. The molecule has 2 aliphatic carbocycles. The topological polar surface area (TPSA) is 76.0 Å². The van der Waals surface area contributed by atoms with E-state index in [1.165, 1.54) is 0 Å². The summed E-state index contributed by atoms with van der Waals surface area (Å²) in [6.45, 7) is 16.7. The highest BCUT2D eigenvalue weighted by molar-refractivity contribution is 5.61. The van der Waals surface area contributed by atoms with Crippen molar-refractivity contribution in [1.82, 2.24) is 0 Å². The van der Waals surface area contributed by atoms with Gasteiger partial charge in [0.05, 0.1) is 12.2 Å². The van der Waals surface area contributed by atoms with E-state index < -0.39 is 29.6 Å². The smallest absolute Gasteiger partial charge is 0.427 e. The van der Waals surface area contributed by atoms with E-state index in [1.54, 1.807) is 13.8 Å². The van der Waals surface area contributed by atoms with Crippen molar-refractivity contribution in [3.63, 3.8) is 0 Å². The molecule has 5 nitrogen and oxygen atoms in total. The standard InChI is InChI=1S/C27H50O5/c1-17(2)23-11-9-19(5)13-26(23,15-21(7)28)31-25(30)32-27(16-22(8)29)14-20(6)10-12-24(27)18(3)4/h17-24,28-29H,9-16H2,1-8H3. The van der Waals surface area contributed by atoms with Gasteiger partial charge in [-0.05, 0) is 63.2 Å². The minimum absolute atomic E-state index is 0.194. The number of hydrogen-bond donors (Lipinski definition) is 2. The van der Waals surface area contributed by atoms with Crippen molar-refractivity contribution in [2.75, 3.05) is 0 Å². The summed E-state index contributed by atoms with van der Waals surface area (Å²) in [4.78, 5) is 13.5. The Bertz CT molecular complexity index is 543. The zero-order valence-corrected chi connectivity index (χ0v) is 21.9. The molecular formula is C27H50O5. The summed E-state index contributed by atoms with van der Waals surface area (Å²) in [5.41, 5.74) is -1.42. The van der Waals surface area contributed by atoms with Crippen LogP contribution in [0.4, 0.5) is 4.79 Å². The van der Waals surface area contributed by atoms with Crippen molar-refractivity contribution in [3.05, 3.63) is 0 Å². The van der Waals surface area contributed by atoms with Gasteiger partial charge in [-0.2, -0.15) is 0 Å². The molecule has 0 heterocycles. The molecule has 8 atom stereocenters. The summed E-state index contributed by atoms with van der Waals surface area (Å²) >= 11 is 0. The second kappa shape index (κ2) is 11.1. The molecule has 188 valence electrons. The van der Waals surface area contributed by atoms with E-state index in [9.17, 15) is 15.0 Å². The van der Waals surface area contributed by atoms with Crippen molar-refractivity contribution < 1.29 is 24.5 Å². The van der Waals surface area contributed by atoms with E-state index >= 15 is 0 Å². The summed E-state index contributed by atoms with van der Waals surface area (Å²) in [6.07, 6.45) is 4.84. The molecule has 0 spiro atoms. The van der Waals surface area contributed by atoms with Gasteiger partial charge < -0.3 is 19.7 Å². The summed E-state index contributed by atoms with van der Waals surface area (Å²) in [5, 5.41) is 20.7. The van der Waals surface area contributed by atoms with Crippen LogP contribution in [-0.4, -0.2) is 39.8 Å². The van der Waals surface area contributed by atoms with Gasteiger partial charge in [0, 0.05) is 24.7 Å². The van der Waals surface area contributed by atoms with E-state index in [0.29, 0.717) is 36.5 Å². The molecule has 0 aromatic heterocycles. The number of carbonyl (C=O) groups excluding carboxylic acids is 1. The number of aliphatic hydroxyl groups is 2. The molecule has 2 N–H and O–H groups in total. The van der Waals surface area contributed by atoms with Gasteiger partial charge in [-0.15, -0.1) is 0 Å². The number of hydrogen-bond acceptors (Lipinski definition) is 5. The largest absolute Gasteiger partial charge is 0.509 e. The Morgan fingerprint density at radius 3 is 1.38 bits per heavy atom. The van der Waals surface area contributed by atoms with Gasteiger partial charge in [0.25, 0.3) is 0 Å². The fourth-order valence-electron chi connectivity index (χ4n) is 7.16. The second-order valence-corrected chi connectivity index (χ2v) is 12.2. The zero-order valence-electron chi connectivity index (χ0n) is 21.9. The average Bonchev–Trinajstić information content (AvgIpc) is 2.58. The maximum Gasteiger partial charge on any atom is 0.509 e. The van der Waals surface area contributed by atoms with Crippen LogP contribution in [0.15, 0.2) is 0 Å². The fourth-order valence-corrected chi connectivity index (χ4v) is 7.16. The Morgan fingerprint density at radius 1 is 0.750 bits per heavy atom. The van der Waals surface area contributed by atoms with Crippen LogP contribution in [0.25, 0.3) is 0 Å². The molecule has 0 bridgehead atoms. The van der Waals surface area contributed by atoms with Gasteiger partial charge in [0.2, 0.25) is 0 Å². The normalized spacial score (nSPS) is 37.9. The molecule has 2 saturated carbocycles. The predicted molar refractivity (Wildman–Crippen MR) is 128 cm³/mol. The minimum atomic E-state index is -0.712. The molecule has 0 saturated heterocycles. The van der Waals surface area contributed by atoms with E-state index in [2.05, 4.69) is 41.5 Å². The van der Waals surface area contributed by atoms with Gasteiger partial charge in [-0.1, -0.05) is 54.4 Å². The molecule has 0 radical (unpaired) electrons. The Hall–Kier alpha value is -0.810. The van der Waals surface area contributed by atoms with Crippen LogP contribution in [0.1, 0.15) is 107 Å². The lowest BCUT2D eigenvalue weighted by molar-refractivity contribution is -0.170. The minimum Gasteiger partial charge on any atom is -0.427 e. The van der Waals surface area contributed by atoms with Crippen molar-refractivity contribution >= 4 is 6.16 Å². The summed E-state index contributed by atoms with van der Waals surface area (Å²) in [7, 11) is 0. The van der Waals surface area contributed by atoms with Gasteiger partial charge in [-0.3, -0.25) is 0 Å². The first kappa shape index (κ1) is 27.4.